The van der Waals surface area contributed by atoms with Crippen LogP contribution in [0.1, 0.15) is 72.6 Å². The van der Waals surface area contributed by atoms with E-state index in [0.717, 1.165) is 25.7 Å². The number of esters is 2. The normalized spacial score (nSPS) is 38.1. The minimum absolute atomic E-state index is 0.0830. The van der Waals surface area contributed by atoms with E-state index >= 15 is 0 Å². The Morgan fingerprint density at radius 1 is 1.31 bits per heavy atom. The maximum absolute atomic E-state index is 12.9. The van der Waals surface area contributed by atoms with Gasteiger partial charge in [0.25, 0.3) is 0 Å². The van der Waals surface area contributed by atoms with E-state index < -0.39 is 29.2 Å². The Balaban J connectivity index is 1.77. The van der Waals surface area contributed by atoms with E-state index in [1.54, 1.807) is 0 Å². The summed E-state index contributed by atoms with van der Waals surface area (Å²) in [6, 6.07) is 0. The Kier molecular flexibility index (Phi) is 7.55. The number of carbonyl (C=O) groups excluding carboxylic acids is 2. The molecular weight excluding hydrogens is 408 g/mol. The zero-order chi connectivity index (χ0) is 23.7. The standard InChI is InChI=1S/C26H40O6/c1-6-25(4)15-26(32-24(25)30)14-16(2)11-18-8-7-17(3)21(23(18)26)10-9-19(27)12-20(28)13-22(29)31-5/h7-8,11,16-17,19-21,23,27-28H,6,9-10,12-15H2,1-5H3/t16-,17-,19?,20-,21-,23-,25+,26+/m0/s1. The first-order valence-corrected chi connectivity index (χ1v) is 12.1. The van der Waals surface area contributed by atoms with Crippen molar-refractivity contribution in [1.29, 1.82) is 0 Å². The highest BCUT2D eigenvalue weighted by Gasteiger charge is 2.60. The van der Waals surface area contributed by atoms with Gasteiger partial charge in [-0.25, -0.2) is 0 Å². The largest absolute Gasteiger partial charge is 0.469 e. The monoisotopic (exact) mass is 448 g/mol. The number of fused-ring (bicyclic) bond motifs is 2. The third-order valence-electron chi connectivity index (χ3n) is 8.03. The van der Waals surface area contributed by atoms with Gasteiger partial charge in [0.2, 0.25) is 0 Å². The first-order chi connectivity index (χ1) is 15.0. The lowest BCUT2D eigenvalue weighted by molar-refractivity contribution is -0.160. The van der Waals surface area contributed by atoms with Crippen LogP contribution in [0.25, 0.3) is 0 Å². The Bertz CT molecular complexity index is 772. The van der Waals surface area contributed by atoms with E-state index in [1.165, 1.54) is 12.7 Å². The molecule has 6 heteroatoms. The lowest BCUT2D eigenvalue weighted by Crippen LogP contribution is -2.49. The van der Waals surface area contributed by atoms with Crippen molar-refractivity contribution >= 4 is 11.9 Å². The fraction of sp³-hybridized carbons (Fsp3) is 0.769. The molecule has 1 fully saturated rings. The van der Waals surface area contributed by atoms with Crippen molar-refractivity contribution in [2.24, 2.45) is 29.1 Å². The van der Waals surface area contributed by atoms with Crippen LogP contribution in [0.4, 0.5) is 0 Å². The van der Waals surface area contributed by atoms with Crippen LogP contribution in [0.5, 0.6) is 0 Å². The maximum atomic E-state index is 12.9. The quantitative estimate of drug-likeness (QED) is 0.546. The van der Waals surface area contributed by atoms with Crippen molar-refractivity contribution in [2.75, 3.05) is 7.11 Å². The summed E-state index contributed by atoms with van der Waals surface area (Å²) in [5.41, 5.74) is 0.305. The Morgan fingerprint density at radius 2 is 2.03 bits per heavy atom. The van der Waals surface area contributed by atoms with Gasteiger partial charge in [0, 0.05) is 12.3 Å². The minimum atomic E-state index is -0.917. The predicted molar refractivity (Wildman–Crippen MR) is 121 cm³/mol. The third-order valence-corrected chi connectivity index (χ3v) is 8.03. The molecule has 1 aliphatic heterocycles. The first kappa shape index (κ1) is 25.0. The van der Waals surface area contributed by atoms with Crippen molar-refractivity contribution in [1.82, 2.24) is 0 Å². The molecule has 0 bridgehead atoms. The Labute approximate surface area is 192 Å². The number of aliphatic hydroxyl groups excluding tert-OH is 2. The smallest absolute Gasteiger partial charge is 0.312 e. The van der Waals surface area contributed by atoms with Gasteiger partial charge in [-0.15, -0.1) is 0 Å². The molecule has 0 amide bonds. The summed E-state index contributed by atoms with van der Waals surface area (Å²) in [6.07, 6.45) is 8.78. The molecule has 0 aromatic carbocycles. The van der Waals surface area contributed by atoms with Gasteiger partial charge in [-0.1, -0.05) is 39.0 Å². The van der Waals surface area contributed by atoms with Crippen LogP contribution in [-0.2, 0) is 19.1 Å². The molecule has 0 saturated carbocycles. The summed E-state index contributed by atoms with van der Waals surface area (Å²) in [5.74, 6) is 0.417. The molecule has 1 saturated heterocycles. The predicted octanol–water partition coefficient (Wildman–Crippen LogP) is 3.95. The Hall–Kier alpha value is -1.66. The number of hydrogen-bond acceptors (Lipinski definition) is 6. The molecule has 3 aliphatic rings. The number of rotatable bonds is 8. The number of methoxy groups -OCH3 is 1. The molecular formula is C26H40O6. The van der Waals surface area contributed by atoms with Gasteiger partial charge in [-0.05, 0) is 62.4 Å². The van der Waals surface area contributed by atoms with Crippen LogP contribution in [0.2, 0.25) is 0 Å². The van der Waals surface area contributed by atoms with Gasteiger partial charge in [0.05, 0.1) is 31.2 Å². The number of hydrogen-bond donors (Lipinski definition) is 2. The van der Waals surface area contributed by atoms with E-state index in [0.29, 0.717) is 18.3 Å². The summed E-state index contributed by atoms with van der Waals surface area (Å²) in [7, 11) is 1.29. The second kappa shape index (κ2) is 9.68. The molecule has 32 heavy (non-hydrogen) atoms. The average molecular weight is 449 g/mol. The topological polar surface area (TPSA) is 93.1 Å². The van der Waals surface area contributed by atoms with Crippen LogP contribution in [0, 0.1) is 29.1 Å². The fourth-order valence-corrected chi connectivity index (χ4v) is 6.21. The number of allylic oxidation sites excluding steroid dienone is 3. The molecule has 2 N–H and O–H groups in total. The van der Waals surface area contributed by atoms with E-state index in [2.05, 4.69) is 43.7 Å². The van der Waals surface area contributed by atoms with Crippen LogP contribution in [0.15, 0.2) is 23.8 Å². The van der Waals surface area contributed by atoms with Gasteiger partial charge in [0.15, 0.2) is 0 Å². The van der Waals surface area contributed by atoms with E-state index in [1.807, 2.05) is 6.92 Å². The summed E-state index contributed by atoms with van der Waals surface area (Å²) >= 11 is 0. The number of ether oxygens (including phenoxy) is 2. The van der Waals surface area contributed by atoms with Crippen molar-refractivity contribution < 1.29 is 29.3 Å². The van der Waals surface area contributed by atoms with Crippen LogP contribution in [0.3, 0.4) is 0 Å². The number of aliphatic hydroxyl groups is 2. The third kappa shape index (κ3) is 4.96. The minimum Gasteiger partial charge on any atom is -0.469 e. The summed E-state index contributed by atoms with van der Waals surface area (Å²) in [4.78, 5) is 24.3. The number of carbonyl (C=O) groups is 2. The molecule has 0 radical (unpaired) electrons. The molecule has 8 atom stereocenters. The lowest BCUT2D eigenvalue weighted by atomic mass is 9.57. The molecule has 180 valence electrons. The van der Waals surface area contributed by atoms with Gasteiger partial charge in [0.1, 0.15) is 5.60 Å². The van der Waals surface area contributed by atoms with Crippen molar-refractivity contribution in [2.45, 2.75) is 90.4 Å². The van der Waals surface area contributed by atoms with Crippen LogP contribution in [-0.4, -0.2) is 47.1 Å². The van der Waals surface area contributed by atoms with Crippen molar-refractivity contribution in [3.8, 4) is 0 Å². The summed E-state index contributed by atoms with van der Waals surface area (Å²) < 4.78 is 10.9. The second-order valence-electron chi connectivity index (χ2n) is 10.7. The molecule has 1 heterocycles. The molecule has 6 nitrogen and oxygen atoms in total. The van der Waals surface area contributed by atoms with Crippen molar-refractivity contribution in [3.63, 3.8) is 0 Å². The summed E-state index contributed by atoms with van der Waals surface area (Å²) in [6.45, 7) is 8.46. The van der Waals surface area contributed by atoms with Gasteiger partial charge in [-0.3, -0.25) is 9.59 Å². The van der Waals surface area contributed by atoms with E-state index in [4.69, 9.17) is 4.74 Å². The molecule has 0 aromatic heterocycles. The van der Waals surface area contributed by atoms with Gasteiger partial charge in [-0.2, -0.15) is 0 Å². The fourth-order valence-electron chi connectivity index (χ4n) is 6.21. The lowest BCUT2D eigenvalue weighted by Gasteiger charge is -2.49. The Morgan fingerprint density at radius 3 is 2.66 bits per heavy atom. The van der Waals surface area contributed by atoms with Crippen molar-refractivity contribution in [3.05, 3.63) is 23.8 Å². The SMILES string of the molecule is CC[C@]1(C)C[C@@]2(C[C@@H](C)C=C3C=C[C@H](C)[C@H](CCC(O)C[C@H](O)CC(=O)OC)[C@H]32)OC1=O. The molecule has 2 aliphatic carbocycles. The molecule has 1 spiro atoms. The zero-order valence-electron chi connectivity index (χ0n) is 20.2. The van der Waals surface area contributed by atoms with Gasteiger partial charge < -0.3 is 19.7 Å². The zero-order valence-corrected chi connectivity index (χ0v) is 20.2. The summed E-state index contributed by atoms with van der Waals surface area (Å²) in [5, 5.41) is 20.6. The second-order valence-corrected chi connectivity index (χ2v) is 10.7. The highest BCUT2D eigenvalue weighted by Crippen LogP contribution is 2.58. The van der Waals surface area contributed by atoms with Gasteiger partial charge >= 0.3 is 11.9 Å². The molecule has 0 aromatic rings. The maximum Gasteiger partial charge on any atom is 0.312 e. The van der Waals surface area contributed by atoms with E-state index in [9.17, 15) is 19.8 Å². The highest BCUT2D eigenvalue weighted by atomic mass is 16.6. The molecule has 3 rings (SSSR count). The van der Waals surface area contributed by atoms with E-state index in [-0.39, 0.29) is 30.6 Å². The van der Waals surface area contributed by atoms with Crippen LogP contribution < -0.4 is 0 Å². The molecule has 1 unspecified atom stereocenters. The highest BCUT2D eigenvalue weighted by molar-refractivity contribution is 5.79. The van der Waals surface area contributed by atoms with Crippen LogP contribution >= 0.6 is 0 Å². The average Bonchev–Trinajstić information content (AvgIpc) is 2.97. The first-order valence-electron chi connectivity index (χ1n) is 12.1.